The van der Waals surface area contributed by atoms with Gasteiger partial charge in [-0.05, 0) is 42.2 Å². The highest BCUT2D eigenvalue weighted by molar-refractivity contribution is 5.74. The van der Waals surface area contributed by atoms with Crippen molar-refractivity contribution in [3.05, 3.63) is 65.6 Å². The summed E-state index contributed by atoms with van der Waals surface area (Å²) in [5.74, 6) is 1.26. The molecule has 1 aliphatic rings. The molecule has 2 aromatic heterocycles. The van der Waals surface area contributed by atoms with Gasteiger partial charge in [0.1, 0.15) is 5.82 Å². The van der Waals surface area contributed by atoms with Crippen molar-refractivity contribution in [2.45, 2.75) is 32.7 Å². The number of aromatic nitrogens is 3. The van der Waals surface area contributed by atoms with Gasteiger partial charge in [-0.2, -0.15) is 5.10 Å². The molecule has 0 bridgehead atoms. The molecule has 1 saturated heterocycles. The number of carbonyl (C=O) groups excluding carboxylic acids is 1. The van der Waals surface area contributed by atoms with Gasteiger partial charge in [-0.15, -0.1) is 0 Å². The van der Waals surface area contributed by atoms with Crippen molar-refractivity contribution in [3.63, 3.8) is 0 Å². The van der Waals surface area contributed by atoms with Crippen LogP contribution >= 0.6 is 0 Å². The number of amides is 1. The molecular formula is C22H25N5O. The van der Waals surface area contributed by atoms with Gasteiger partial charge < -0.3 is 10.2 Å². The third kappa shape index (κ3) is 3.76. The van der Waals surface area contributed by atoms with Gasteiger partial charge in [0.25, 0.3) is 0 Å². The van der Waals surface area contributed by atoms with Crippen molar-refractivity contribution < 1.29 is 4.79 Å². The van der Waals surface area contributed by atoms with Crippen LogP contribution in [0.3, 0.4) is 0 Å². The van der Waals surface area contributed by atoms with Gasteiger partial charge in [-0.25, -0.2) is 4.98 Å². The minimum Gasteiger partial charge on any atom is -0.366 e. The Labute approximate surface area is 165 Å². The quantitative estimate of drug-likeness (QED) is 0.713. The van der Waals surface area contributed by atoms with Crippen molar-refractivity contribution in [2.75, 3.05) is 18.4 Å². The normalized spacial score (nSPS) is 16.4. The molecule has 2 N–H and O–H groups in total. The number of hydrogen-bond donors (Lipinski definition) is 2. The van der Waals surface area contributed by atoms with Crippen LogP contribution < -0.4 is 5.32 Å². The van der Waals surface area contributed by atoms with E-state index in [4.69, 9.17) is 0 Å². The van der Waals surface area contributed by atoms with E-state index in [2.05, 4.69) is 51.7 Å². The molecule has 0 spiro atoms. The summed E-state index contributed by atoms with van der Waals surface area (Å²) in [4.78, 5) is 18.0. The van der Waals surface area contributed by atoms with E-state index < -0.39 is 0 Å². The average Bonchev–Trinajstić information content (AvgIpc) is 3.37. The fourth-order valence-corrected chi connectivity index (χ4v) is 3.81. The number of likely N-dealkylation sites (tertiary alicyclic amines) is 1. The molecular weight excluding hydrogens is 350 g/mol. The molecule has 1 amide bonds. The van der Waals surface area contributed by atoms with Crippen LogP contribution in [0, 0.1) is 6.92 Å². The van der Waals surface area contributed by atoms with Crippen LogP contribution in [0.2, 0.25) is 0 Å². The summed E-state index contributed by atoms with van der Waals surface area (Å²) in [5.41, 5.74) is 5.78. The Kier molecular flexibility index (Phi) is 5.10. The Balaban J connectivity index is 1.52. The summed E-state index contributed by atoms with van der Waals surface area (Å²) >= 11 is 0. The summed E-state index contributed by atoms with van der Waals surface area (Å²) in [5, 5.41) is 10.9. The van der Waals surface area contributed by atoms with Gasteiger partial charge in [0, 0.05) is 49.9 Å². The predicted octanol–water partition coefficient (Wildman–Crippen LogP) is 3.73. The molecule has 6 nitrogen and oxygen atoms in total. The molecule has 3 aromatic rings. The number of carbonyl (C=O) groups is 1. The number of nitrogens with zero attached hydrogens (tertiary/aromatic N) is 3. The van der Waals surface area contributed by atoms with Crippen molar-refractivity contribution >= 4 is 11.7 Å². The van der Waals surface area contributed by atoms with E-state index in [1.807, 2.05) is 29.4 Å². The van der Waals surface area contributed by atoms with Crippen LogP contribution in [-0.2, 0) is 11.3 Å². The summed E-state index contributed by atoms with van der Waals surface area (Å²) < 4.78 is 0. The molecule has 0 saturated carbocycles. The summed E-state index contributed by atoms with van der Waals surface area (Å²) in [6.07, 6.45) is 4.65. The zero-order valence-electron chi connectivity index (χ0n) is 16.3. The van der Waals surface area contributed by atoms with Gasteiger partial charge >= 0.3 is 0 Å². The zero-order valence-corrected chi connectivity index (χ0v) is 16.3. The highest BCUT2D eigenvalue weighted by atomic mass is 16.2. The predicted molar refractivity (Wildman–Crippen MR) is 110 cm³/mol. The first-order valence-electron chi connectivity index (χ1n) is 9.65. The van der Waals surface area contributed by atoms with Crippen LogP contribution in [0.5, 0.6) is 0 Å². The van der Waals surface area contributed by atoms with Crippen molar-refractivity contribution in [1.29, 1.82) is 0 Å². The largest absolute Gasteiger partial charge is 0.366 e. The van der Waals surface area contributed by atoms with Crippen LogP contribution in [0.1, 0.15) is 36.1 Å². The maximum atomic E-state index is 11.7. The Morgan fingerprint density at radius 1 is 1.32 bits per heavy atom. The Morgan fingerprint density at radius 3 is 2.96 bits per heavy atom. The number of aromatic amines is 1. The van der Waals surface area contributed by atoms with Gasteiger partial charge in [0.15, 0.2) is 0 Å². The minimum absolute atomic E-state index is 0.134. The second-order valence-corrected chi connectivity index (χ2v) is 7.36. The molecule has 0 radical (unpaired) electrons. The second kappa shape index (κ2) is 7.84. The lowest BCUT2D eigenvalue weighted by Gasteiger charge is -2.14. The van der Waals surface area contributed by atoms with Gasteiger partial charge in [0.2, 0.25) is 5.91 Å². The summed E-state index contributed by atoms with van der Waals surface area (Å²) in [6.45, 7) is 6.03. The van der Waals surface area contributed by atoms with Gasteiger partial charge in [0.05, 0.1) is 6.20 Å². The lowest BCUT2D eigenvalue weighted by Crippen LogP contribution is -2.25. The van der Waals surface area contributed by atoms with E-state index >= 15 is 0 Å². The van der Waals surface area contributed by atoms with E-state index in [9.17, 15) is 4.79 Å². The number of rotatable bonds is 5. The van der Waals surface area contributed by atoms with Crippen molar-refractivity contribution in [3.8, 4) is 11.1 Å². The van der Waals surface area contributed by atoms with Gasteiger partial charge in [-0.1, -0.05) is 24.3 Å². The Hall–Kier alpha value is -3.15. The number of H-pyrrole nitrogens is 1. The third-order valence-electron chi connectivity index (χ3n) is 5.50. The van der Waals surface area contributed by atoms with E-state index in [-0.39, 0.29) is 11.8 Å². The number of pyridine rings is 1. The Morgan fingerprint density at radius 2 is 2.18 bits per heavy atom. The molecule has 1 atom stereocenters. The SMILES string of the molecule is CC(=O)N1CCC(c2[nH]ncc2-c2ccnc(NCc3ccccc3C)c2)C1. The minimum atomic E-state index is 0.134. The van der Waals surface area contributed by atoms with Crippen molar-refractivity contribution in [2.24, 2.45) is 0 Å². The van der Waals surface area contributed by atoms with Crippen LogP contribution in [0.25, 0.3) is 11.1 Å². The highest BCUT2D eigenvalue weighted by Gasteiger charge is 2.28. The lowest BCUT2D eigenvalue weighted by atomic mass is 9.97. The number of nitrogens with one attached hydrogen (secondary N) is 2. The van der Waals surface area contributed by atoms with E-state index in [0.717, 1.165) is 48.7 Å². The number of benzene rings is 1. The number of hydrogen-bond acceptors (Lipinski definition) is 4. The van der Waals surface area contributed by atoms with Crippen LogP contribution in [0.4, 0.5) is 5.82 Å². The zero-order chi connectivity index (χ0) is 19.5. The summed E-state index contributed by atoms with van der Waals surface area (Å²) in [7, 11) is 0. The molecule has 1 aliphatic heterocycles. The van der Waals surface area contributed by atoms with Crippen molar-refractivity contribution in [1.82, 2.24) is 20.1 Å². The molecule has 1 unspecified atom stereocenters. The van der Waals surface area contributed by atoms with E-state index in [1.165, 1.54) is 11.1 Å². The molecule has 4 rings (SSSR count). The molecule has 1 aromatic carbocycles. The van der Waals surface area contributed by atoms with E-state index in [1.54, 1.807) is 6.92 Å². The maximum absolute atomic E-state index is 11.7. The monoisotopic (exact) mass is 375 g/mol. The standard InChI is InChI=1S/C22H25N5O/c1-15-5-3-4-6-18(15)12-24-21-11-17(7-9-23-21)20-13-25-26-22(20)19-8-10-27(14-19)16(2)28/h3-7,9,11,13,19H,8,10,12,14H2,1-2H3,(H,23,24)(H,25,26). The van der Waals surface area contributed by atoms with Crippen LogP contribution in [0.15, 0.2) is 48.8 Å². The first-order valence-corrected chi connectivity index (χ1v) is 9.65. The smallest absolute Gasteiger partial charge is 0.219 e. The topological polar surface area (TPSA) is 73.9 Å². The fraction of sp³-hybridized carbons (Fsp3) is 0.318. The molecule has 1 fully saturated rings. The van der Waals surface area contributed by atoms with E-state index in [0.29, 0.717) is 0 Å². The molecule has 0 aliphatic carbocycles. The molecule has 6 heteroatoms. The number of aryl methyl sites for hydroxylation is 1. The summed E-state index contributed by atoms with van der Waals surface area (Å²) in [6, 6.07) is 12.4. The van der Waals surface area contributed by atoms with Crippen LogP contribution in [-0.4, -0.2) is 39.1 Å². The Bertz CT molecular complexity index is 980. The maximum Gasteiger partial charge on any atom is 0.219 e. The highest BCUT2D eigenvalue weighted by Crippen LogP contribution is 2.33. The first kappa shape index (κ1) is 18.2. The average molecular weight is 375 g/mol. The molecule has 28 heavy (non-hydrogen) atoms. The molecule has 3 heterocycles. The molecule has 144 valence electrons. The van der Waals surface area contributed by atoms with Gasteiger partial charge in [-0.3, -0.25) is 9.89 Å². The lowest BCUT2D eigenvalue weighted by molar-refractivity contribution is -0.127. The second-order valence-electron chi connectivity index (χ2n) is 7.36. The fourth-order valence-electron chi connectivity index (χ4n) is 3.81. The number of anilines is 1. The first-order chi connectivity index (χ1) is 13.6. The third-order valence-corrected chi connectivity index (χ3v) is 5.50.